The van der Waals surface area contributed by atoms with Crippen LogP contribution in [-0.4, -0.2) is 57.0 Å². The van der Waals surface area contributed by atoms with E-state index in [1.54, 1.807) is 32.9 Å². The molecule has 0 spiro atoms. The van der Waals surface area contributed by atoms with Gasteiger partial charge in [0.15, 0.2) is 0 Å². The molecule has 1 fully saturated rings. The van der Waals surface area contributed by atoms with E-state index in [0.29, 0.717) is 37.5 Å². The Hall–Kier alpha value is -1.19. The fraction of sp³-hybridized carbons (Fsp3) is 0.588. The fourth-order valence-corrected chi connectivity index (χ4v) is 4.61. The average Bonchev–Trinajstić information content (AvgIpc) is 2.57. The molecule has 9 heteroatoms. The SMILES string of the molecule is CCN(CC)S(=O)(=O)c1cc(NC(=O)[C@H]2NCCO[C@@H]2C)ccc1C.Cl. The zero-order valence-electron chi connectivity index (χ0n) is 15.6. The molecule has 1 saturated heterocycles. The second kappa shape index (κ2) is 9.66. The number of hydrogen-bond donors (Lipinski definition) is 2. The smallest absolute Gasteiger partial charge is 0.244 e. The van der Waals surface area contributed by atoms with Crippen molar-refractivity contribution in [1.29, 1.82) is 0 Å². The summed E-state index contributed by atoms with van der Waals surface area (Å²) < 4.78 is 32.5. The molecule has 0 radical (unpaired) electrons. The number of carbonyl (C=O) groups is 1. The zero-order chi connectivity index (χ0) is 18.6. The van der Waals surface area contributed by atoms with Crippen molar-refractivity contribution in [2.75, 3.05) is 31.6 Å². The van der Waals surface area contributed by atoms with Gasteiger partial charge in [0.25, 0.3) is 0 Å². The number of carbonyl (C=O) groups excluding carboxylic acids is 1. The van der Waals surface area contributed by atoms with Crippen molar-refractivity contribution in [3.8, 4) is 0 Å². The van der Waals surface area contributed by atoms with E-state index in [1.165, 1.54) is 10.4 Å². The molecular weight excluding hydrogens is 378 g/mol. The quantitative estimate of drug-likeness (QED) is 0.753. The van der Waals surface area contributed by atoms with Gasteiger partial charge >= 0.3 is 0 Å². The highest BCUT2D eigenvalue weighted by Crippen LogP contribution is 2.24. The lowest BCUT2D eigenvalue weighted by atomic mass is 10.1. The van der Waals surface area contributed by atoms with Crippen LogP contribution in [0, 0.1) is 6.92 Å². The number of hydrogen-bond acceptors (Lipinski definition) is 5. The average molecular weight is 406 g/mol. The topological polar surface area (TPSA) is 87.7 Å². The minimum atomic E-state index is -3.58. The van der Waals surface area contributed by atoms with E-state index in [9.17, 15) is 13.2 Å². The molecule has 0 saturated carbocycles. The Kier molecular flexibility index (Phi) is 8.49. The molecule has 7 nitrogen and oxygen atoms in total. The maximum absolute atomic E-state index is 12.8. The van der Waals surface area contributed by atoms with Gasteiger partial charge in [0.05, 0.1) is 17.6 Å². The molecule has 148 valence electrons. The molecule has 0 bridgehead atoms. The second-order valence-corrected chi connectivity index (χ2v) is 7.97. The van der Waals surface area contributed by atoms with E-state index in [0.717, 1.165) is 0 Å². The molecule has 2 atom stereocenters. The summed E-state index contributed by atoms with van der Waals surface area (Å²) in [5.41, 5.74) is 1.11. The van der Waals surface area contributed by atoms with Crippen LogP contribution < -0.4 is 10.6 Å². The number of amides is 1. The number of rotatable bonds is 6. The van der Waals surface area contributed by atoms with E-state index < -0.39 is 16.1 Å². The molecule has 1 aromatic rings. The first-order chi connectivity index (χ1) is 11.8. The van der Waals surface area contributed by atoms with Gasteiger partial charge in [-0.15, -0.1) is 12.4 Å². The van der Waals surface area contributed by atoms with Gasteiger partial charge in [0.2, 0.25) is 15.9 Å². The Labute approximate surface area is 161 Å². The summed E-state index contributed by atoms with van der Waals surface area (Å²) in [6.45, 7) is 9.17. The first kappa shape index (κ1) is 22.9. The number of nitrogens with zero attached hydrogens (tertiary/aromatic N) is 1. The van der Waals surface area contributed by atoms with Gasteiger partial charge in [0.1, 0.15) is 6.04 Å². The van der Waals surface area contributed by atoms with E-state index in [4.69, 9.17) is 4.74 Å². The van der Waals surface area contributed by atoms with Crippen LogP contribution in [0.15, 0.2) is 23.1 Å². The summed E-state index contributed by atoms with van der Waals surface area (Å²) in [6.07, 6.45) is -0.238. The van der Waals surface area contributed by atoms with Crippen LogP contribution in [-0.2, 0) is 19.6 Å². The monoisotopic (exact) mass is 405 g/mol. The van der Waals surface area contributed by atoms with Gasteiger partial charge in [-0.25, -0.2) is 8.42 Å². The molecule has 1 aliphatic rings. The number of sulfonamides is 1. The summed E-state index contributed by atoms with van der Waals surface area (Å²) in [5.74, 6) is -0.234. The molecule has 1 aliphatic heterocycles. The standard InChI is InChI=1S/C17H27N3O4S.ClH/c1-5-20(6-2)25(22,23)15-11-14(8-7-12(15)3)19-17(21)16-13(4)24-10-9-18-16;/h7-8,11,13,16,18H,5-6,9-10H2,1-4H3,(H,19,21);1H/t13-,16+;/m1./s1. The second-order valence-electron chi connectivity index (χ2n) is 6.07. The van der Waals surface area contributed by atoms with Crippen molar-refractivity contribution in [1.82, 2.24) is 9.62 Å². The number of benzene rings is 1. The molecule has 2 N–H and O–H groups in total. The molecule has 0 unspecified atom stereocenters. The third-order valence-electron chi connectivity index (χ3n) is 4.38. The highest BCUT2D eigenvalue weighted by Gasteiger charge is 2.29. The Morgan fingerprint density at radius 3 is 2.58 bits per heavy atom. The van der Waals surface area contributed by atoms with Gasteiger partial charge < -0.3 is 15.4 Å². The molecule has 1 amide bonds. The lowest BCUT2D eigenvalue weighted by Gasteiger charge is -2.29. The minimum Gasteiger partial charge on any atom is -0.375 e. The zero-order valence-corrected chi connectivity index (χ0v) is 17.2. The number of anilines is 1. The number of aryl methyl sites for hydroxylation is 1. The van der Waals surface area contributed by atoms with Crippen LogP contribution in [0.25, 0.3) is 0 Å². The summed E-state index contributed by atoms with van der Waals surface area (Å²) >= 11 is 0. The summed E-state index contributed by atoms with van der Waals surface area (Å²) in [7, 11) is -3.58. The van der Waals surface area contributed by atoms with Gasteiger partial charge in [-0.1, -0.05) is 19.9 Å². The lowest BCUT2D eigenvalue weighted by molar-refractivity contribution is -0.123. The van der Waals surface area contributed by atoms with Crippen molar-refractivity contribution >= 4 is 34.0 Å². The van der Waals surface area contributed by atoms with Crippen LogP contribution in [0.5, 0.6) is 0 Å². The Morgan fingerprint density at radius 2 is 2.00 bits per heavy atom. The summed E-state index contributed by atoms with van der Waals surface area (Å²) in [5, 5.41) is 5.91. The van der Waals surface area contributed by atoms with Gasteiger partial charge in [-0.3, -0.25) is 4.79 Å². The van der Waals surface area contributed by atoms with E-state index in [-0.39, 0.29) is 29.3 Å². The van der Waals surface area contributed by atoms with Crippen LogP contribution in [0.1, 0.15) is 26.3 Å². The Balaban J connectivity index is 0.00000338. The summed E-state index contributed by atoms with van der Waals surface area (Å²) in [4.78, 5) is 12.7. The number of ether oxygens (including phenoxy) is 1. The first-order valence-corrected chi connectivity index (χ1v) is 10.0. The van der Waals surface area contributed by atoms with Crippen molar-refractivity contribution in [3.63, 3.8) is 0 Å². The van der Waals surface area contributed by atoms with Crippen molar-refractivity contribution in [2.24, 2.45) is 0 Å². The summed E-state index contributed by atoms with van der Waals surface area (Å²) in [6, 6.07) is 4.48. The Bertz CT molecular complexity index is 723. The van der Waals surface area contributed by atoms with Crippen LogP contribution in [0.2, 0.25) is 0 Å². The number of halogens is 1. The van der Waals surface area contributed by atoms with Gasteiger partial charge in [-0.2, -0.15) is 4.31 Å². The van der Waals surface area contributed by atoms with Gasteiger partial charge in [0, 0.05) is 25.3 Å². The van der Waals surface area contributed by atoms with Crippen molar-refractivity contribution in [3.05, 3.63) is 23.8 Å². The van der Waals surface area contributed by atoms with E-state index in [1.807, 2.05) is 6.92 Å². The molecule has 2 rings (SSSR count). The van der Waals surface area contributed by atoms with Crippen LogP contribution in [0.3, 0.4) is 0 Å². The third kappa shape index (κ3) is 4.95. The maximum Gasteiger partial charge on any atom is 0.244 e. The number of morpholine rings is 1. The fourth-order valence-electron chi connectivity index (χ4n) is 2.91. The third-order valence-corrected chi connectivity index (χ3v) is 6.57. The highest BCUT2D eigenvalue weighted by atomic mass is 35.5. The molecular formula is C17H28ClN3O4S. The van der Waals surface area contributed by atoms with Crippen molar-refractivity contribution in [2.45, 2.75) is 44.7 Å². The number of nitrogens with one attached hydrogen (secondary N) is 2. The highest BCUT2D eigenvalue weighted by molar-refractivity contribution is 7.89. The van der Waals surface area contributed by atoms with Crippen LogP contribution in [0.4, 0.5) is 5.69 Å². The predicted molar refractivity (Wildman–Crippen MR) is 104 cm³/mol. The minimum absolute atomic E-state index is 0. The molecule has 0 aliphatic carbocycles. The van der Waals surface area contributed by atoms with Crippen LogP contribution >= 0.6 is 12.4 Å². The molecule has 1 aromatic carbocycles. The van der Waals surface area contributed by atoms with Gasteiger partial charge in [-0.05, 0) is 31.5 Å². The molecule has 26 heavy (non-hydrogen) atoms. The molecule has 1 heterocycles. The molecule has 0 aromatic heterocycles. The Morgan fingerprint density at radius 1 is 1.35 bits per heavy atom. The van der Waals surface area contributed by atoms with E-state index in [2.05, 4.69) is 10.6 Å². The maximum atomic E-state index is 12.8. The largest absolute Gasteiger partial charge is 0.375 e. The lowest BCUT2D eigenvalue weighted by Crippen LogP contribution is -2.53. The normalized spacial score (nSPS) is 20.5. The van der Waals surface area contributed by atoms with E-state index >= 15 is 0 Å². The van der Waals surface area contributed by atoms with Crippen molar-refractivity contribution < 1.29 is 17.9 Å². The predicted octanol–water partition coefficient (Wildman–Crippen LogP) is 1.76. The first-order valence-electron chi connectivity index (χ1n) is 8.57.